The molecule has 5 rings (SSSR count). The molecule has 0 aliphatic carbocycles. The van der Waals surface area contributed by atoms with E-state index in [-0.39, 0.29) is 11.8 Å². The van der Waals surface area contributed by atoms with Gasteiger partial charge in [-0.05, 0) is 73.7 Å². The first-order valence-corrected chi connectivity index (χ1v) is 11.4. The van der Waals surface area contributed by atoms with Crippen molar-refractivity contribution in [3.8, 4) is 0 Å². The van der Waals surface area contributed by atoms with Crippen LogP contribution in [0, 0.1) is 0 Å². The highest BCUT2D eigenvalue weighted by molar-refractivity contribution is 5.95. The molecule has 2 aliphatic heterocycles. The van der Waals surface area contributed by atoms with Gasteiger partial charge in [-0.15, -0.1) is 0 Å². The molecular formula is C26H29N5O. The molecule has 3 aromatic rings. The zero-order valence-corrected chi connectivity index (χ0v) is 18.5. The fraction of sp³-hybridized carbons (Fsp3) is 0.346. The van der Waals surface area contributed by atoms with Crippen LogP contribution in [0.2, 0.25) is 0 Å². The van der Waals surface area contributed by atoms with Crippen LogP contribution in [-0.4, -0.2) is 47.5 Å². The number of carbonyl (C=O) groups excluding carboxylic acids is 1. The number of nitrogens with one attached hydrogen (secondary N) is 1. The van der Waals surface area contributed by atoms with Crippen molar-refractivity contribution in [1.82, 2.24) is 14.9 Å². The largest absolute Gasteiger partial charge is 0.374 e. The lowest BCUT2D eigenvalue weighted by molar-refractivity contribution is 0.0706. The molecule has 1 amide bonds. The van der Waals surface area contributed by atoms with E-state index in [9.17, 15) is 4.79 Å². The van der Waals surface area contributed by atoms with E-state index in [0.717, 1.165) is 68.1 Å². The zero-order chi connectivity index (χ0) is 21.9. The Bertz CT molecular complexity index is 1080. The van der Waals surface area contributed by atoms with Crippen LogP contribution in [0.15, 0.2) is 60.9 Å². The maximum absolute atomic E-state index is 13.3. The molecule has 0 saturated carbocycles. The second-order valence-electron chi connectivity index (χ2n) is 8.77. The van der Waals surface area contributed by atoms with E-state index in [0.29, 0.717) is 0 Å². The zero-order valence-electron chi connectivity index (χ0n) is 18.5. The van der Waals surface area contributed by atoms with Crippen molar-refractivity contribution in [2.24, 2.45) is 0 Å². The minimum atomic E-state index is 0.138. The van der Waals surface area contributed by atoms with Crippen molar-refractivity contribution < 1.29 is 4.79 Å². The quantitative estimate of drug-likeness (QED) is 0.658. The maximum Gasteiger partial charge on any atom is 0.253 e. The van der Waals surface area contributed by atoms with Crippen LogP contribution in [-0.2, 0) is 6.42 Å². The molecule has 1 fully saturated rings. The van der Waals surface area contributed by atoms with Crippen molar-refractivity contribution in [2.45, 2.75) is 31.6 Å². The summed E-state index contributed by atoms with van der Waals surface area (Å²) >= 11 is 0. The van der Waals surface area contributed by atoms with Crippen LogP contribution < -0.4 is 10.2 Å². The summed E-state index contributed by atoms with van der Waals surface area (Å²) in [4.78, 5) is 26.5. The highest BCUT2D eigenvalue weighted by Crippen LogP contribution is 2.30. The molecule has 0 radical (unpaired) electrons. The van der Waals surface area contributed by atoms with Crippen molar-refractivity contribution in [3.63, 3.8) is 0 Å². The summed E-state index contributed by atoms with van der Waals surface area (Å²) in [5.74, 6) is 1.20. The normalized spacial score (nSPS) is 18.2. The Hall–Kier alpha value is -3.41. The van der Waals surface area contributed by atoms with E-state index in [1.807, 2.05) is 41.4 Å². The van der Waals surface area contributed by atoms with Crippen LogP contribution in [0.4, 0.5) is 17.2 Å². The van der Waals surface area contributed by atoms with Gasteiger partial charge < -0.3 is 15.1 Å². The molecule has 32 heavy (non-hydrogen) atoms. The number of pyridine rings is 2. The summed E-state index contributed by atoms with van der Waals surface area (Å²) in [5.41, 5.74) is 5.31. The molecule has 1 N–H and O–H groups in total. The van der Waals surface area contributed by atoms with Crippen LogP contribution in [0.5, 0.6) is 0 Å². The van der Waals surface area contributed by atoms with Gasteiger partial charge in [0.2, 0.25) is 0 Å². The summed E-state index contributed by atoms with van der Waals surface area (Å²) in [7, 11) is 2.12. The lowest BCUT2D eigenvalue weighted by Crippen LogP contribution is -2.39. The third-order valence-electron chi connectivity index (χ3n) is 6.53. The van der Waals surface area contributed by atoms with Crippen molar-refractivity contribution >= 4 is 23.1 Å². The highest BCUT2D eigenvalue weighted by atomic mass is 16.2. The second kappa shape index (κ2) is 8.99. The molecule has 1 aromatic carbocycles. The van der Waals surface area contributed by atoms with Gasteiger partial charge in [-0.25, -0.2) is 4.98 Å². The van der Waals surface area contributed by atoms with Crippen molar-refractivity contribution in [1.29, 1.82) is 0 Å². The number of aryl methyl sites for hydroxylation is 1. The smallest absolute Gasteiger partial charge is 0.253 e. The first-order chi connectivity index (χ1) is 15.7. The Morgan fingerprint density at radius 2 is 2.00 bits per heavy atom. The summed E-state index contributed by atoms with van der Waals surface area (Å²) in [6, 6.07) is 16.1. The number of aromatic nitrogens is 2. The van der Waals surface area contributed by atoms with Crippen molar-refractivity contribution in [3.05, 3.63) is 77.7 Å². The number of anilines is 3. The lowest BCUT2D eigenvalue weighted by Gasteiger charge is -2.33. The van der Waals surface area contributed by atoms with E-state index in [1.54, 1.807) is 6.20 Å². The topological polar surface area (TPSA) is 61.4 Å². The van der Waals surface area contributed by atoms with Gasteiger partial charge in [0.05, 0.1) is 11.9 Å². The number of hydrogen-bond donors (Lipinski definition) is 1. The van der Waals surface area contributed by atoms with Crippen LogP contribution in [0.3, 0.4) is 0 Å². The van der Waals surface area contributed by atoms with E-state index >= 15 is 0 Å². The number of fused-ring (bicyclic) bond motifs is 1. The third-order valence-corrected chi connectivity index (χ3v) is 6.53. The molecule has 0 spiro atoms. The number of benzene rings is 1. The number of likely N-dealkylation sites (tertiary alicyclic amines) is 1. The lowest BCUT2D eigenvalue weighted by atomic mass is 9.93. The minimum absolute atomic E-state index is 0.138. The Labute approximate surface area is 189 Å². The molecule has 2 aromatic heterocycles. The van der Waals surface area contributed by atoms with Crippen molar-refractivity contribution in [2.75, 3.05) is 36.9 Å². The average molecular weight is 428 g/mol. The van der Waals surface area contributed by atoms with Crippen LogP contribution >= 0.6 is 0 Å². The van der Waals surface area contributed by atoms with Gasteiger partial charge >= 0.3 is 0 Å². The fourth-order valence-electron chi connectivity index (χ4n) is 4.81. The van der Waals surface area contributed by atoms with E-state index in [2.05, 4.69) is 40.4 Å². The Kier molecular flexibility index (Phi) is 5.75. The van der Waals surface area contributed by atoms with Crippen LogP contribution in [0.25, 0.3) is 0 Å². The Morgan fingerprint density at radius 3 is 2.81 bits per heavy atom. The fourth-order valence-corrected chi connectivity index (χ4v) is 4.81. The second-order valence-corrected chi connectivity index (χ2v) is 8.77. The Balaban J connectivity index is 1.26. The predicted molar refractivity (Wildman–Crippen MR) is 128 cm³/mol. The molecule has 164 valence electrons. The van der Waals surface area contributed by atoms with E-state index in [4.69, 9.17) is 4.98 Å². The van der Waals surface area contributed by atoms with E-state index in [1.165, 1.54) is 11.3 Å². The number of hydrogen-bond acceptors (Lipinski definition) is 5. The minimum Gasteiger partial charge on any atom is -0.374 e. The van der Waals surface area contributed by atoms with E-state index < -0.39 is 0 Å². The summed E-state index contributed by atoms with van der Waals surface area (Å²) in [5, 5.41) is 3.27. The van der Waals surface area contributed by atoms with Crippen LogP contribution in [0.1, 0.15) is 46.8 Å². The molecule has 0 unspecified atom stereocenters. The van der Waals surface area contributed by atoms with Gasteiger partial charge in [0.15, 0.2) is 0 Å². The van der Waals surface area contributed by atoms with Gasteiger partial charge in [-0.1, -0.05) is 6.07 Å². The Morgan fingerprint density at radius 1 is 1.06 bits per heavy atom. The summed E-state index contributed by atoms with van der Waals surface area (Å²) in [6.45, 7) is 2.61. The number of nitrogens with zero attached hydrogens (tertiary/aromatic N) is 4. The molecule has 1 saturated heterocycles. The molecule has 0 bridgehead atoms. The number of piperidine rings is 1. The SMILES string of the molecule is CN1CCCc2cc(C(=O)N3CCC[C@@H](c4ccc(Nc5ccccn5)cn4)C3)ccc21. The molecule has 6 nitrogen and oxygen atoms in total. The standard InChI is InChI=1S/C26H29N5O/c1-30-14-4-6-19-16-20(9-12-24(19)30)26(32)31-15-5-7-21(18-31)23-11-10-22(17-28-23)29-25-8-2-3-13-27-25/h2-3,8-13,16-17,21H,4-7,14-15,18H2,1H3,(H,27,29)/t21-/m1/s1. The molecular weight excluding hydrogens is 398 g/mol. The first-order valence-electron chi connectivity index (χ1n) is 11.4. The van der Waals surface area contributed by atoms with Gasteiger partial charge in [0, 0.05) is 55.7 Å². The average Bonchev–Trinajstić information content (AvgIpc) is 2.85. The predicted octanol–water partition coefficient (Wildman–Crippen LogP) is 4.62. The number of rotatable bonds is 4. The van der Waals surface area contributed by atoms with Gasteiger partial charge in [-0.2, -0.15) is 0 Å². The number of carbonyl (C=O) groups is 1. The number of amides is 1. The van der Waals surface area contributed by atoms with Gasteiger partial charge in [0.1, 0.15) is 5.82 Å². The summed E-state index contributed by atoms with van der Waals surface area (Å²) < 4.78 is 0. The molecule has 1 atom stereocenters. The molecule has 4 heterocycles. The molecule has 2 aliphatic rings. The monoisotopic (exact) mass is 427 g/mol. The van der Waals surface area contributed by atoms with Gasteiger partial charge in [-0.3, -0.25) is 9.78 Å². The molecule has 6 heteroatoms. The first kappa shape index (κ1) is 20.5. The highest BCUT2D eigenvalue weighted by Gasteiger charge is 2.27. The third kappa shape index (κ3) is 4.31. The summed E-state index contributed by atoms with van der Waals surface area (Å²) in [6.07, 6.45) is 7.86. The van der Waals surface area contributed by atoms with Gasteiger partial charge in [0.25, 0.3) is 5.91 Å². The maximum atomic E-state index is 13.3.